The van der Waals surface area contributed by atoms with Gasteiger partial charge in [0, 0.05) is 38.0 Å². The van der Waals surface area contributed by atoms with Crippen LogP contribution < -0.4 is 5.32 Å². The highest BCUT2D eigenvalue weighted by Gasteiger charge is 2.14. The van der Waals surface area contributed by atoms with Crippen LogP contribution in [0.3, 0.4) is 0 Å². The lowest BCUT2D eigenvalue weighted by atomic mass is 10.1. The van der Waals surface area contributed by atoms with Gasteiger partial charge in [-0.1, -0.05) is 49.7 Å². The Hall–Kier alpha value is -2.37. The fraction of sp³-hybridized carbons (Fsp3) is 0.435. The second kappa shape index (κ2) is 10.2. The first-order chi connectivity index (χ1) is 13.7. The zero-order valence-electron chi connectivity index (χ0n) is 17.3. The Kier molecular flexibility index (Phi) is 7.46. The quantitative estimate of drug-likeness (QED) is 0.498. The summed E-state index contributed by atoms with van der Waals surface area (Å²) in [5, 5.41) is 3.63. The van der Waals surface area contributed by atoms with Crippen LogP contribution in [-0.4, -0.2) is 53.7 Å². The average Bonchev–Trinajstić information content (AvgIpc) is 3.09. The summed E-state index contributed by atoms with van der Waals surface area (Å²) in [5.41, 5.74) is 4.35. The monoisotopic (exact) mass is 380 g/mol. The standard InChI is InChI=1S/C23H32N4O/c1-4-17-28-18-16-26(5-2)15-13-24-23-22(20-11-9-19(3)10-12-20)25-21-8-6-7-14-27(21)23/h6-12,14,24H,4-5,13,15-18H2,1-3H3. The maximum absolute atomic E-state index is 5.64. The molecule has 0 unspecified atom stereocenters. The maximum Gasteiger partial charge on any atom is 0.139 e. The summed E-state index contributed by atoms with van der Waals surface area (Å²) in [4.78, 5) is 7.28. The lowest BCUT2D eigenvalue weighted by molar-refractivity contribution is 0.107. The zero-order chi connectivity index (χ0) is 19.8. The normalized spacial score (nSPS) is 11.4. The van der Waals surface area contributed by atoms with Gasteiger partial charge in [0.15, 0.2) is 0 Å². The molecule has 0 saturated carbocycles. The molecule has 1 N–H and O–H groups in total. The Bertz CT molecular complexity index is 857. The van der Waals surface area contributed by atoms with E-state index in [0.717, 1.165) is 68.5 Å². The Morgan fingerprint density at radius 3 is 2.61 bits per heavy atom. The SMILES string of the molecule is CCCOCCN(CC)CCNc1c(-c2ccc(C)cc2)nc2ccccn12. The number of hydrogen-bond acceptors (Lipinski definition) is 4. The minimum atomic E-state index is 0.798. The highest BCUT2D eigenvalue weighted by molar-refractivity contribution is 5.76. The highest BCUT2D eigenvalue weighted by Crippen LogP contribution is 2.28. The third-order valence-corrected chi connectivity index (χ3v) is 4.92. The number of anilines is 1. The molecule has 0 amide bonds. The Labute approximate surface area is 168 Å². The molecule has 0 aliphatic heterocycles. The lowest BCUT2D eigenvalue weighted by Gasteiger charge is -2.21. The number of hydrogen-bond donors (Lipinski definition) is 1. The van der Waals surface area contributed by atoms with Crippen molar-refractivity contribution in [1.82, 2.24) is 14.3 Å². The van der Waals surface area contributed by atoms with Gasteiger partial charge >= 0.3 is 0 Å². The average molecular weight is 381 g/mol. The molecule has 0 fully saturated rings. The van der Waals surface area contributed by atoms with Crippen molar-refractivity contribution in [3.05, 3.63) is 54.2 Å². The minimum absolute atomic E-state index is 0.798. The van der Waals surface area contributed by atoms with Gasteiger partial charge in [0.2, 0.25) is 0 Å². The number of ether oxygens (including phenoxy) is 1. The molecule has 5 heteroatoms. The number of fused-ring (bicyclic) bond motifs is 1. The van der Waals surface area contributed by atoms with Crippen LogP contribution >= 0.6 is 0 Å². The molecular weight excluding hydrogens is 348 g/mol. The first-order valence-corrected chi connectivity index (χ1v) is 10.3. The van der Waals surface area contributed by atoms with Crippen molar-refractivity contribution in [2.75, 3.05) is 44.7 Å². The third kappa shape index (κ3) is 5.12. The van der Waals surface area contributed by atoms with E-state index in [1.165, 1.54) is 5.56 Å². The fourth-order valence-corrected chi connectivity index (χ4v) is 3.28. The molecule has 150 valence electrons. The van der Waals surface area contributed by atoms with Gasteiger partial charge in [-0.05, 0) is 32.0 Å². The lowest BCUT2D eigenvalue weighted by Crippen LogP contribution is -2.32. The Balaban J connectivity index is 1.71. The van der Waals surface area contributed by atoms with Gasteiger partial charge in [-0.2, -0.15) is 0 Å². The van der Waals surface area contributed by atoms with Crippen molar-refractivity contribution in [2.45, 2.75) is 27.2 Å². The number of likely N-dealkylation sites (N-methyl/N-ethyl adjacent to an activating group) is 1. The second-order valence-electron chi connectivity index (χ2n) is 7.08. The summed E-state index contributed by atoms with van der Waals surface area (Å²) in [7, 11) is 0. The van der Waals surface area contributed by atoms with Crippen LogP contribution in [0.15, 0.2) is 48.7 Å². The van der Waals surface area contributed by atoms with Gasteiger partial charge in [-0.25, -0.2) is 4.98 Å². The van der Waals surface area contributed by atoms with E-state index in [0.29, 0.717) is 0 Å². The van der Waals surface area contributed by atoms with Gasteiger partial charge in [0.1, 0.15) is 17.2 Å². The third-order valence-electron chi connectivity index (χ3n) is 4.92. The second-order valence-corrected chi connectivity index (χ2v) is 7.08. The fourth-order valence-electron chi connectivity index (χ4n) is 3.28. The Morgan fingerprint density at radius 1 is 1.04 bits per heavy atom. The number of aryl methyl sites for hydroxylation is 1. The highest BCUT2D eigenvalue weighted by atomic mass is 16.5. The molecule has 5 nitrogen and oxygen atoms in total. The summed E-state index contributed by atoms with van der Waals surface area (Å²) in [5.74, 6) is 1.05. The largest absolute Gasteiger partial charge is 0.380 e. The van der Waals surface area contributed by atoms with Crippen LogP contribution in [0.4, 0.5) is 5.82 Å². The minimum Gasteiger partial charge on any atom is -0.380 e. The van der Waals surface area contributed by atoms with Crippen LogP contribution in [0.1, 0.15) is 25.8 Å². The van der Waals surface area contributed by atoms with Crippen molar-refractivity contribution >= 4 is 11.5 Å². The van der Waals surface area contributed by atoms with E-state index in [1.54, 1.807) is 0 Å². The van der Waals surface area contributed by atoms with Crippen LogP contribution in [0.2, 0.25) is 0 Å². The molecule has 0 bridgehead atoms. The van der Waals surface area contributed by atoms with Crippen LogP contribution in [0.5, 0.6) is 0 Å². The molecular formula is C23H32N4O. The van der Waals surface area contributed by atoms with Gasteiger partial charge < -0.3 is 10.1 Å². The predicted octanol–water partition coefficient (Wildman–Crippen LogP) is 4.47. The van der Waals surface area contributed by atoms with Crippen molar-refractivity contribution in [3.8, 4) is 11.3 Å². The molecule has 0 aliphatic rings. The van der Waals surface area contributed by atoms with Crippen LogP contribution in [-0.2, 0) is 4.74 Å². The van der Waals surface area contributed by atoms with Crippen LogP contribution in [0, 0.1) is 6.92 Å². The van der Waals surface area contributed by atoms with E-state index in [4.69, 9.17) is 9.72 Å². The predicted molar refractivity (Wildman–Crippen MR) is 117 cm³/mol. The molecule has 3 rings (SSSR count). The van der Waals surface area contributed by atoms with E-state index >= 15 is 0 Å². The van der Waals surface area contributed by atoms with E-state index in [2.05, 4.69) is 65.9 Å². The molecule has 0 radical (unpaired) electrons. The molecule has 1 aromatic carbocycles. The number of rotatable bonds is 11. The molecule has 3 aromatic rings. The van der Waals surface area contributed by atoms with Gasteiger partial charge in [0.25, 0.3) is 0 Å². The van der Waals surface area contributed by atoms with E-state index in [-0.39, 0.29) is 0 Å². The molecule has 2 heterocycles. The van der Waals surface area contributed by atoms with Crippen molar-refractivity contribution in [2.24, 2.45) is 0 Å². The van der Waals surface area contributed by atoms with Gasteiger partial charge in [-0.15, -0.1) is 0 Å². The molecule has 2 aromatic heterocycles. The van der Waals surface area contributed by atoms with Crippen molar-refractivity contribution < 1.29 is 4.74 Å². The first-order valence-electron chi connectivity index (χ1n) is 10.3. The zero-order valence-corrected chi connectivity index (χ0v) is 17.3. The Morgan fingerprint density at radius 2 is 1.86 bits per heavy atom. The summed E-state index contributed by atoms with van der Waals surface area (Å²) >= 11 is 0. The summed E-state index contributed by atoms with van der Waals surface area (Å²) < 4.78 is 7.77. The van der Waals surface area contributed by atoms with E-state index < -0.39 is 0 Å². The van der Waals surface area contributed by atoms with E-state index in [9.17, 15) is 0 Å². The molecule has 28 heavy (non-hydrogen) atoms. The molecule has 0 saturated heterocycles. The van der Waals surface area contributed by atoms with E-state index in [1.807, 2.05) is 18.2 Å². The number of imidazole rings is 1. The molecule has 0 aliphatic carbocycles. The van der Waals surface area contributed by atoms with Crippen LogP contribution in [0.25, 0.3) is 16.9 Å². The van der Waals surface area contributed by atoms with Gasteiger partial charge in [-0.3, -0.25) is 9.30 Å². The maximum atomic E-state index is 5.64. The van der Waals surface area contributed by atoms with Crippen molar-refractivity contribution in [3.63, 3.8) is 0 Å². The topological polar surface area (TPSA) is 41.8 Å². The summed E-state index contributed by atoms with van der Waals surface area (Å²) in [6, 6.07) is 14.7. The number of aromatic nitrogens is 2. The van der Waals surface area contributed by atoms with Gasteiger partial charge in [0.05, 0.1) is 6.61 Å². The number of pyridine rings is 1. The number of nitrogens with one attached hydrogen (secondary N) is 1. The number of benzene rings is 1. The summed E-state index contributed by atoms with van der Waals surface area (Å²) in [6.07, 6.45) is 3.14. The molecule has 0 atom stereocenters. The summed E-state index contributed by atoms with van der Waals surface area (Å²) in [6.45, 7) is 11.9. The molecule has 0 spiro atoms. The smallest absolute Gasteiger partial charge is 0.139 e. The number of nitrogens with zero attached hydrogens (tertiary/aromatic N) is 3. The first kappa shape index (κ1) is 20.4. The van der Waals surface area contributed by atoms with Crippen molar-refractivity contribution in [1.29, 1.82) is 0 Å².